The topological polar surface area (TPSA) is 78.7 Å². The van der Waals surface area contributed by atoms with Crippen LogP contribution in [-0.2, 0) is 4.79 Å². The summed E-state index contributed by atoms with van der Waals surface area (Å²) in [6, 6.07) is 13.8. The quantitative estimate of drug-likeness (QED) is 0.707. The molecular formula is C22H28N4O2S2. The van der Waals surface area contributed by atoms with Crippen molar-refractivity contribution in [1.29, 1.82) is 0 Å². The molecule has 0 aliphatic carbocycles. The van der Waals surface area contributed by atoms with Crippen molar-refractivity contribution in [3.8, 4) is 0 Å². The number of carbonyl (C=O) groups excluding carboxylic acids is 2. The van der Waals surface area contributed by atoms with Crippen molar-refractivity contribution in [3.63, 3.8) is 0 Å². The molecule has 3 atom stereocenters. The number of amides is 2. The number of nitrogens with two attached hydrogens (primary N) is 1. The minimum Gasteiger partial charge on any atom is -0.350 e. The molecule has 2 aliphatic heterocycles. The Kier molecular flexibility index (Phi) is 6.87. The molecule has 1 unspecified atom stereocenters. The molecule has 30 heavy (non-hydrogen) atoms. The van der Waals surface area contributed by atoms with E-state index >= 15 is 0 Å². The van der Waals surface area contributed by atoms with Crippen LogP contribution < -0.4 is 11.1 Å². The van der Waals surface area contributed by atoms with Gasteiger partial charge in [-0.1, -0.05) is 58.0 Å². The van der Waals surface area contributed by atoms with Gasteiger partial charge in [0.25, 0.3) is 5.91 Å². The summed E-state index contributed by atoms with van der Waals surface area (Å²) in [5, 5.41) is 5.19. The summed E-state index contributed by atoms with van der Waals surface area (Å²) in [6.45, 7) is 5.11. The minimum absolute atomic E-state index is 0.0646. The molecule has 0 saturated carbocycles. The molecule has 6 nitrogen and oxygen atoms in total. The molecule has 0 radical (unpaired) electrons. The van der Waals surface area contributed by atoms with Gasteiger partial charge in [0, 0.05) is 49.3 Å². The van der Waals surface area contributed by atoms with Crippen molar-refractivity contribution in [2.45, 2.75) is 25.0 Å². The molecule has 0 aromatic heterocycles. The van der Waals surface area contributed by atoms with Gasteiger partial charge in [-0.15, -0.1) is 0 Å². The average molecular weight is 445 g/mol. The maximum atomic E-state index is 13.2. The van der Waals surface area contributed by atoms with Gasteiger partial charge in [0.2, 0.25) is 5.91 Å². The number of fused-ring (bicyclic) bond motifs is 1. The van der Waals surface area contributed by atoms with E-state index in [9.17, 15) is 9.59 Å². The number of hydrogen-bond acceptors (Lipinski definition) is 6. The highest BCUT2D eigenvalue weighted by atomic mass is 33.1. The fourth-order valence-electron chi connectivity index (χ4n) is 4.09. The Morgan fingerprint density at radius 2 is 1.90 bits per heavy atom. The van der Waals surface area contributed by atoms with E-state index in [1.54, 1.807) is 21.6 Å². The van der Waals surface area contributed by atoms with Gasteiger partial charge < -0.3 is 16.0 Å². The van der Waals surface area contributed by atoms with E-state index in [1.807, 2.05) is 47.4 Å². The summed E-state index contributed by atoms with van der Waals surface area (Å²) in [6.07, 6.45) is 0. The fourth-order valence-corrected chi connectivity index (χ4v) is 6.45. The normalized spacial score (nSPS) is 26.1. The molecule has 2 fully saturated rings. The monoisotopic (exact) mass is 444 g/mol. The first-order chi connectivity index (χ1) is 14.5. The van der Waals surface area contributed by atoms with Gasteiger partial charge in [0.1, 0.15) is 0 Å². The van der Waals surface area contributed by atoms with E-state index < -0.39 is 6.04 Å². The van der Waals surface area contributed by atoms with E-state index in [-0.39, 0.29) is 23.9 Å². The Morgan fingerprint density at radius 3 is 2.73 bits per heavy atom. The molecule has 0 bridgehead atoms. The third-order valence-electron chi connectivity index (χ3n) is 5.81. The number of benzene rings is 2. The number of carbonyl (C=O) groups is 2. The zero-order chi connectivity index (χ0) is 21.1. The van der Waals surface area contributed by atoms with E-state index in [2.05, 4.69) is 17.1 Å². The lowest BCUT2D eigenvalue weighted by Gasteiger charge is -2.41. The number of nitrogens with one attached hydrogen (secondary N) is 1. The highest BCUT2D eigenvalue weighted by molar-refractivity contribution is 8.76. The summed E-state index contributed by atoms with van der Waals surface area (Å²) in [7, 11) is 3.44. The average Bonchev–Trinajstić information content (AvgIpc) is 2.75. The smallest absolute Gasteiger partial charge is 0.254 e. The van der Waals surface area contributed by atoms with Gasteiger partial charge in [-0.25, -0.2) is 0 Å². The van der Waals surface area contributed by atoms with Crippen LogP contribution in [0.5, 0.6) is 0 Å². The third-order valence-corrected chi connectivity index (χ3v) is 8.33. The van der Waals surface area contributed by atoms with Crippen LogP contribution in [0.25, 0.3) is 10.8 Å². The summed E-state index contributed by atoms with van der Waals surface area (Å²) in [4.78, 5) is 29.8. The predicted molar refractivity (Wildman–Crippen MR) is 126 cm³/mol. The first kappa shape index (κ1) is 21.5. The molecule has 3 N–H and O–H groups in total. The second kappa shape index (κ2) is 9.60. The van der Waals surface area contributed by atoms with Crippen LogP contribution in [0.2, 0.25) is 0 Å². The second-order valence-corrected chi connectivity index (χ2v) is 10.6. The van der Waals surface area contributed by atoms with Crippen LogP contribution in [0.15, 0.2) is 42.5 Å². The lowest BCUT2D eigenvalue weighted by molar-refractivity contribution is -0.122. The molecule has 2 aromatic carbocycles. The Morgan fingerprint density at radius 1 is 1.13 bits per heavy atom. The van der Waals surface area contributed by atoms with Crippen molar-refractivity contribution >= 4 is 44.2 Å². The Hall–Kier alpha value is -1.74. The second-order valence-electron chi connectivity index (χ2n) is 8.00. The lowest BCUT2D eigenvalue weighted by Crippen LogP contribution is -2.58. The Balaban J connectivity index is 1.40. The summed E-state index contributed by atoms with van der Waals surface area (Å²) in [5.74, 6) is 1.54. The highest BCUT2D eigenvalue weighted by Gasteiger charge is 2.30. The van der Waals surface area contributed by atoms with Crippen LogP contribution in [0.1, 0.15) is 17.3 Å². The molecule has 2 heterocycles. The summed E-state index contributed by atoms with van der Waals surface area (Å²) >= 11 is 0. The molecule has 160 valence electrons. The molecule has 2 aromatic rings. The minimum atomic E-state index is -0.446. The zero-order valence-corrected chi connectivity index (χ0v) is 18.8. The highest BCUT2D eigenvalue weighted by Crippen LogP contribution is 2.25. The summed E-state index contributed by atoms with van der Waals surface area (Å²) < 4.78 is 0. The van der Waals surface area contributed by atoms with Crippen LogP contribution in [0, 0.1) is 0 Å². The lowest BCUT2D eigenvalue weighted by atomic mass is 10.0. The van der Waals surface area contributed by atoms with Crippen LogP contribution >= 0.6 is 21.6 Å². The van der Waals surface area contributed by atoms with E-state index in [1.165, 1.54) is 0 Å². The number of rotatable bonds is 3. The van der Waals surface area contributed by atoms with E-state index in [4.69, 9.17) is 5.73 Å². The standard InChI is InChI=1S/C22H28N4O2S2/c1-15-11-26(22(28)19-8-4-6-16-5-2-3-7-18(16)19)10-9-25(15)12-17-13-29-30-14-20(23)21(27)24-17/h2-8,15,17,20H,9-14,23H2,1H3,(H,24,27)/t15?,17-,20+/m1/s1. The summed E-state index contributed by atoms with van der Waals surface area (Å²) in [5.41, 5.74) is 6.68. The Labute approximate surface area is 185 Å². The molecule has 4 rings (SSSR count). The van der Waals surface area contributed by atoms with Gasteiger partial charge in [-0.05, 0) is 23.8 Å². The van der Waals surface area contributed by atoms with Gasteiger partial charge in [0.05, 0.1) is 12.1 Å². The molecule has 2 aliphatic rings. The van der Waals surface area contributed by atoms with Crippen molar-refractivity contribution in [2.75, 3.05) is 37.7 Å². The Bertz CT molecular complexity index is 920. The largest absolute Gasteiger partial charge is 0.350 e. The third kappa shape index (κ3) is 4.77. The molecule has 0 spiro atoms. The van der Waals surface area contributed by atoms with Gasteiger partial charge in [-0.3, -0.25) is 14.5 Å². The maximum Gasteiger partial charge on any atom is 0.254 e. The zero-order valence-electron chi connectivity index (χ0n) is 17.1. The molecular weight excluding hydrogens is 416 g/mol. The van der Waals surface area contributed by atoms with Crippen molar-refractivity contribution in [3.05, 3.63) is 48.0 Å². The van der Waals surface area contributed by atoms with Crippen LogP contribution in [0.3, 0.4) is 0 Å². The van der Waals surface area contributed by atoms with Gasteiger partial charge >= 0.3 is 0 Å². The number of hydrogen-bond donors (Lipinski definition) is 2. The fraction of sp³-hybridized carbons (Fsp3) is 0.455. The van der Waals surface area contributed by atoms with Crippen molar-refractivity contribution in [2.24, 2.45) is 5.73 Å². The molecule has 2 saturated heterocycles. The number of piperazine rings is 1. The van der Waals surface area contributed by atoms with Crippen molar-refractivity contribution < 1.29 is 9.59 Å². The van der Waals surface area contributed by atoms with Gasteiger partial charge in [0.15, 0.2) is 0 Å². The van der Waals surface area contributed by atoms with E-state index in [0.29, 0.717) is 18.8 Å². The SMILES string of the molecule is CC1CN(C(=O)c2cccc3ccccc23)CCN1C[C@@H]1CSSC[C@H](N)C(=O)N1. The first-order valence-electron chi connectivity index (χ1n) is 10.3. The number of nitrogens with zero attached hydrogens (tertiary/aromatic N) is 2. The molecule has 2 amide bonds. The maximum absolute atomic E-state index is 13.2. The van der Waals surface area contributed by atoms with E-state index in [0.717, 1.165) is 35.2 Å². The van der Waals surface area contributed by atoms with Gasteiger partial charge in [-0.2, -0.15) is 0 Å². The van der Waals surface area contributed by atoms with Crippen molar-refractivity contribution in [1.82, 2.24) is 15.1 Å². The first-order valence-corrected chi connectivity index (χ1v) is 12.8. The molecule has 8 heteroatoms. The van der Waals surface area contributed by atoms with Crippen LogP contribution in [-0.4, -0.2) is 77.4 Å². The van der Waals surface area contributed by atoms with Crippen LogP contribution in [0.4, 0.5) is 0 Å². The predicted octanol–water partition coefficient (Wildman–Crippen LogP) is 2.19.